The maximum Gasteiger partial charge on any atom is 0.257 e. The van der Waals surface area contributed by atoms with Crippen molar-refractivity contribution in [1.29, 1.82) is 0 Å². The van der Waals surface area contributed by atoms with Crippen molar-refractivity contribution >= 4 is 33.4 Å². The summed E-state index contributed by atoms with van der Waals surface area (Å²) >= 11 is 3.43. The standard InChI is InChI=1S/C23H27BrN2O4/c1-15(2)30-21-14-17(24)8-9-18(21)23(28)26-12-10-16(11-13-26)22(27)25-19-6-4-5-7-20(19)29-3/h4-9,14-16H,10-13H2,1-3H3,(H,25,27). The molecule has 1 heterocycles. The van der Waals surface area contributed by atoms with Crippen LogP contribution in [0.2, 0.25) is 0 Å². The summed E-state index contributed by atoms with van der Waals surface area (Å²) in [7, 11) is 1.58. The number of hydrogen-bond acceptors (Lipinski definition) is 4. The summed E-state index contributed by atoms with van der Waals surface area (Å²) in [6.07, 6.45) is 1.20. The van der Waals surface area contributed by atoms with Crippen LogP contribution in [0.25, 0.3) is 0 Å². The Hall–Kier alpha value is -2.54. The van der Waals surface area contributed by atoms with E-state index in [0.717, 1.165) is 4.47 Å². The Labute approximate surface area is 185 Å². The highest BCUT2D eigenvalue weighted by Gasteiger charge is 2.29. The number of rotatable bonds is 6. The van der Waals surface area contributed by atoms with E-state index >= 15 is 0 Å². The molecule has 3 rings (SSSR count). The molecule has 1 N–H and O–H groups in total. The van der Waals surface area contributed by atoms with Crippen LogP contribution in [-0.4, -0.2) is 43.0 Å². The summed E-state index contributed by atoms with van der Waals surface area (Å²) in [6, 6.07) is 12.8. The van der Waals surface area contributed by atoms with Crippen LogP contribution >= 0.6 is 15.9 Å². The highest BCUT2D eigenvalue weighted by atomic mass is 79.9. The maximum atomic E-state index is 13.1. The van der Waals surface area contributed by atoms with Crippen LogP contribution in [-0.2, 0) is 4.79 Å². The Morgan fingerprint density at radius 2 is 1.80 bits per heavy atom. The second-order valence-electron chi connectivity index (χ2n) is 7.56. The number of methoxy groups -OCH3 is 1. The quantitative estimate of drug-likeness (QED) is 0.656. The number of benzene rings is 2. The topological polar surface area (TPSA) is 67.9 Å². The van der Waals surface area contributed by atoms with E-state index in [1.807, 2.05) is 50.2 Å². The molecule has 7 heteroatoms. The first-order valence-electron chi connectivity index (χ1n) is 10.1. The van der Waals surface area contributed by atoms with Crippen LogP contribution in [0.5, 0.6) is 11.5 Å². The van der Waals surface area contributed by atoms with Crippen molar-refractivity contribution in [3.63, 3.8) is 0 Å². The molecule has 1 aliphatic rings. The predicted octanol–water partition coefficient (Wildman–Crippen LogP) is 4.74. The van der Waals surface area contributed by atoms with Crippen molar-refractivity contribution < 1.29 is 19.1 Å². The van der Waals surface area contributed by atoms with Gasteiger partial charge >= 0.3 is 0 Å². The number of ether oxygens (including phenoxy) is 2. The molecular weight excluding hydrogens is 448 g/mol. The zero-order valence-electron chi connectivity index (χ0n) is 17.5. The third-order valence-corrected chi connectivity index (χ3v) is 5.55. The van der Waals surface area contributed by atoms with E-state index < -0.39 is 0 Å². The van der Waals surface area contributed by atoms with E-state index in [4.69, 9.17) is 9.47 Å². The van der Waals surface area contributed by atoms with Crippen molar-refractivity contribution in [1.82, 2.24) is 4.90 Å². The van der Waals surface area contributed by atoms with Crippen molar-refractivity contribution in [2.24, 2.45) is 5.92 Å². The SMILES string of the molecule is COc1ccccc1NC(=O)C1CCN(C(=O)c2ccc(Br)cc2OC(C)C)CC1. The van der Waals surface area contributed by atoms with Gasteiger partial charge in [0.2, 0.25) is 5.91 Å². The molecule has 0 aromatic heterocycles. The van der Waals surface area contributed by atoms with Gasteiger partial charge < -0.3 is 19.7 Å². The third-order valence-electron chi connectivity index (χ3n) is 5.05. The van der Waals surface area contributed by atoms with Crippen molar-refractivity contribution in [3.8, 4) is 11.5 Å². The van der Waals surface area contributed by atoms with Crippen molar-refractivity contribution in [3.05, 3.63) is 52.5 Å². The van der Waals surface area contributed by atoms with Crippen molar-refractivity contribution in [2.45, 2.75) is 32.8 Å². The van der Waals surface area contributed by atoms with E-state index in [0.29, 0.717) is 48.7 Å². The number of amides is 2. The molecule has 2 aromatic carbocycles. The summed E-state index contributed by atoms with van der Waals surface area (Å²) < 4.78 is 12.0. The molecule has 6 nitrogen and oxygen atoms in total. The minimum absolute atomic E-state index is 0.0322. The maximum absolute atomic E-state index is 13.1. The average molecular weight is 475 g/mol. The molecule has 160 valence electrons. The Bertz CT molecular complexity index is 908. The second-order valence-corrected chi connectivity index (χ2v) is 8.48. The molecule has 2 aromatic rings. The largest absolute Gasteiger partial charge is 0.495 e. The van der Waals surface area contributed by atoms with Gasteiger partial charge in [0.1, 0.15) is 11.5 Å². The summed E-state index contributed by atoms with van der Waals surface area (Å²) in [5.41, 5.74) is 1.21. The molecule has 1 fully saturated rings. The van der Waals surface area contributed by atoms with E-state index in [9.17, 15) is 9.59 Å². The van der Waals surface area contributed by atoms with Gasteiger partial charge in [-0.1, -0.05) is 28.1 Å². The number of para-hydroxylation sites is 2. The van der Waals surface area contributed by atoms with Crippen LogP contribution in [0.4, 0.5) is 5.69 Å². The fraction of sp³-hybridized carbons (Fsp3) is 0.391. The summed E-state index contributed by atoms with van der Waals surface area (Å²) in [4.78, 5) is 27.6. The lowest BCUT2D eigenvalue weighted by molar-refractivity contribution is -0.121. The Kier molecular flexibility index (Phi) is 7.37. The second kappa shape index (κ2) is 9.98. The minimum Gasteiger partial charge on any atom is -0.495 e. The molecular formula is C23H27BrN2O4. The third kappa shape index (κ3) is 5.33. The van der Waals surface area contributed by atoms with Gasteiger partial charge in [0.15, 0.2) is 0 Å². The first-order valence-corrected chi connectivity index (χ1v) is 10.9. The molecule has 30 heavy (non-hydrogen) atoms. The molecule has 0 radical (unpaired) electrons. The number of halogens is 1. The van der Waals surface area contributed by atoms with Gasteiger partial charge in [-0.3, -0.25) is 9.59 Å². The highest BCUT2D eigenvalue weighted by molar-refractivity contribution is 9.10. The van der Waals surface area contributed by atoms with E-state index in [1.165, 1.54) is 0 Å². The van der Waals surface area contributed by atoms with Crippen LogP contribution in [0, 0.1) is 5.92 Å². The number of piperidine rings is 1. The fourth-order valence-electron chi connectivity index (χ4n) is 3.52. The molecule has 0 spiro atoms. The number of likely N-dealkylation sites (tertiary alicyclic amines) is 1. The molecule has 2 amide bonds. The van der Waals surface area contributed by atoms with E-state index in [1.54, 1.807) is 18.1 Å². The van der Waals surface area contributed by atoms with Gasteiger partial charge in [0.05, 0.1) is 24.5 Å². The fourth-order valence-corrected chi connectivity index (χ4v) is 3.86. The first kappa shape index (κ1) is 22.2. The van der Waals surface area contributed by atoms with Crippen LogP contribution in [0.3, 0.4) is 0 Å². The van der Waals surface area contributed by atoms with Crippen molar-refractivity contribution in [2.75, 3.05) is 25.5 Å². The van der Waals surface area contributed by atoms with Gasteiger partial charge in [-0.15, -0.1) is 0 Å². The van der Waals surface area contributed by atoms with Gasteiger partial charge in [-0.2, -0.15) is 0 Å². The minimum atomic E-state index is -0.143. The zero-order chi connectivity index (χ0) is 21.7. The summed E-state index contributed by atoms with van der Waals surface area (Å²) in [5, 5.41) is 2.95. The lowest BCUT2D eigenvalue weighted by Gasteiger charge is -2.32. The summed E-state index contributed by atoms with van der Waals surface area (Å²) in [6.45, 7) is 4.92. The van der Waals surface area contributed by atoms with Gasteiger partial charge in [0, 0.05) is 23.5 Å². The van der Waals surface area contributed by atoms with Gasteiger partial charge in [-0.05, 0) is 57.0 Å². The predicted molar refractivity (Wildman–Crippen MR) is 120 cm³/mol. The highest BCUT2D eigenvalue weighted by Crippen LogP contribution is 2.29. The summed E-state index contributed by atoms with van der Waals surface area (Å²) in [5.74, 6) is 0.947. The number of nitrogens with one attached hydrogen (secondary N) is 1. The molecule has 1 saturated heterocycles. The number of hydrogen-bond donors (Lipinski definition) is 1. The van der Waals surface area contributed by atoms with Gasteiger partial charge in [0.25, 0.3) is 5.91 Å². The molecule has 0 bridgehead atoms. The Morgan fingerprint density at radius 1 is 1.10 bits per heavy atom. The smallest absolute Gasteiger partial charge is 0.257 e. The lowest BCUT2D eigenvalue weighted by Crippen LogP contribution is -2.41. The van der Waals surface area contributed by atoms with E-state index in [-0.39, 0.29) is 23.8 Å². The Morgan fingerprint density at radius 3 is 2.47 bits per heavy atom. The number of anilines is 1. The average Bonchev–Trinajstić information content (AvgIpc) is 2.73. The molecule has 0 unspecified atom stereocenters. The first-order chi connectivity index (χ1) is 14.4. The normalized spacial score (nSPS) is 14.5. The van der Waals surface area contributed by atoms with Gasteiger partial charge in [-0.25, -0.2) is 0 Å². The molecule has 0 aliphatic carbocycles. The number of carbonyl (C=O) groups is 2. The van der Waals surface area contributed by atoms with E-state index in [2.05, 4.69) is 21.2 Å². The number of carbonyl (C=O) groups excluding carboxylic acids is 2. The zero-order valence-corrected chi connectivity index (χ0v) is 19.1. The lowest BCUT2D eigenvalue weighted by atomic mass is 9.95. The van der Waals surface area contributed by atoms with Crippen LogP contribution in [0.15, 0.2) is 46.9 Å². The molecule has 1 aliphatic heterocycles. The molecule has 0 atom stereocenters. The number of nitrogens with zero attached hydrogens (tertiary/aromatic N) is 1. The monoisotopic (exact) mass is 474 g/mol. The van der Waals surface area contributed by atoms with Crippen LogP contribution < -0.4 is 14.8 Å². The van der Waals surface area contributed by atoms with Crippen LogP contribution in [0.1, 0.15) is 37.0 Å². The Balaban J connectivity index is 1.63. The molecule has 0 saturated carbocycles.